The van der Waals surface area contributed by atoms with Crippen LogP contribution in [0.25, 0.3) is 10.2 Å². The molecule has 3 aromatic rings. The molecule has 0 saturated heterocycles. The zero-order valence-corrected chi connectivity index (χ0v) is 16.7. The minimum Gasteiger partial charge on any atom is -0.380 e. The number of thiazole rings is 1. The molecule has 0 aliphatic rings. The van der Waals surface area contributed by atoms with Crippen molar-refractivity contribution in [2.24, 2.45) is 4.99 Å². The first-order valence-electron chi connectivity index (χ1n) is 8.45. The van der Waals surface area contributed by atoms with Crippen LogP contribution in [0.3, 0.4) is 0 Å². The van der Waals surface area contributed by atoms with Crippen LogP contribution in [-0.2, 0) is 21.1 Å². The molecule has 1 aromatic heterocycles. The van der Waals surface area contributed by atoms with Gasteiger partial charge in [0.05, 0.1) is 21.7 Å². The highest BCUT2D eigenvalue weighted by atomic mass is 32.2. The highest BCUT2D eigenvalue weighted by Gasteiger charge is 2.11. The summed E-state index contributed by atoms with van der Waals surface area (Å²) in [5, 5.41) is 0. The summed E-state index contributed by atoms with van der Waals surface area (Å²) in [6, 6.07) is 13.7. The molecule has 27 heavy (non-hydrogen) atoms. The van der Waals surface area contributed by atoms with Crippen molar-refractivity contribution in [3.8, 4) is 0 Å². The number of hydrogen-bond acceptors (Lipinski definition) is 5. The Morgan fingerprint density at radius 1 is 1.15 bits per heavy atom. The highest BCUT2D eigenvalue weighted by Crippen LogP contribution is 2.17. The number of rotatable bonds is 6. The predicted octanol–water partition coefficient (Wildman–Crippen LogP) is 2.88. The minimum absolute atomic E-state index is 0.174. The van der Waals surface area contributed by atoms with Crippen LogP contribution in [0.4, 0.5) is 0 Å². The fourth-order valence-corrected chi connectivity index (χ4v) is 4.30. The van der Waals surface area contributed by atoms with E-state index in [1.807, 2.05) is 35.8 Å². The standard InChI is InChI=1S/C19H20N2O4S2/c1-3-25-13-12-21-16-6-4-5-7-17(16)26-19(21)20-18(22)14-8-10-15(11-9-14)27(2,23)24/h4-11H,3,12-13H2,1-2H3. The van der Waals surface area contributed by atoms with Gasteiger partial charge in [0.15, 0.2) is 14.6 Å². The van der Waals surface area contributed by atoms with Crippen molar-refractivity contribution in [1.29, 1.82) is 0 Å². The molecule has 0 N–H and O–H groups in total. The lowest BCUT2D eigenvalue weighted by molar-refractivity contribution is 0.0996. The molecule has 3 rings (SSSR count). The van der Waals surface area contributed by atoms with E-state index in [0.717, 1.165) is 16.5 Å². The Kier molecular flexibility index (Phi) is 5.88. The van der Waals surface area contributed by atoms with E-state index in [9.17, 15) is 13.2 Å². The van der Waals surface area contributed by atoms with Gasteiger partial charge >= 0.3 is 0 Å². The van der Waals surface area contributed by atoms with Gasteiger partial charge in [0.1, 0.15) is 0 Å². The first-order valence-corrected chi connectivity index (χ1v) is 11.2. The Labute approximate surface area is 161 Å². The van der Waals surface area contributed by atoms with Crippen LogP contribution >= 0.6 is 11.3 Å². The van der Waals surface area contributed by atoms with E-state index in [1.54, 1.807) is 0 Å². The number of carbonyl (C=O) groups excluding carboxylic acids is 1. The van der Waals surface area contributed by atoms with Crippen LogP contribution in [0.1, 0.15) is 17.3 Å². The number of para-hydroxylation sites is 1. The largest absolute Gasteiger partial charge is 0.380 e. The Hall–Kier alpha value is -2.29. The number of ether oxygens (including phenoxy) is 1. The monoisotopic (exact) mass is 404 g/mol. The molecule has 0 aliphatic carbocycles. The van der Waals surface area contributed by atoms with Crippen molar-refractivity contribution in [2.45, 2.75) is 18.4 Å². The topological polar surface area (TPSA) is 77.7 Å². The number of carbonyl (C=O) groups is 1. The third-order valence-electron chi connectivity index (χ3n) is 3.98. The number of nitrogens with zero attached hydrogens (tertiary/aromatic N) is 2. The Balaban J connectivity index is 1.99. The predicted molar refractivity (Wildman–Crippen MR) is 106 cm³/mol. The third-order valence-corrected chi connectivity index (χ3v) is 6.17. The van der Waals surface area contributed by atoms with Crippen molar-refractivity contribution in [3.05, 3.63) is 58.9 Å². The number of sulfone groups is 1. The first-order chi connectivity index (χ1) is 12.9. The summed E-state index contributed by atoms with van der Waals surface area (Å²) in [4.78, 5) is 17.6. The summed E-state index contributed by atoms with van der Waals surface area (Å²) in [5.41, 5.74) is 1.34. The van der Waals surface area contributed by atoms with Crippen LogP contribution in [0.15, 0.2) is 58.4 Å². The summed E-state index contributed by atoms with van der Waals surface area (Å²) < 4.78 is 31.6. The summed E-state index contributed by atoms with van der Waals surface area (Å²) >= 11 is 1.44. The second-order valence-corrected chi connectivity index (χ2v) is 8.94. The average Bonchev–Trinajstić information content (AvgIpc) is 2.99. The number of hydrogen-bond donors (Lipinski definition) is 0. The fraction of sp³-hybridized carbons (Fsp3) is 0.263. The van der Waals surface area contributed by atoms with Crippen LogP contribution in [-0.4, -0.2) is 38.4 Å². The van der Waals surface area contributed by atoms with Gasteiger partial charge in [-0.1, -0.05) is 23.5 Å². The molecule has 0 fully saturated rings. The Bertz CT molecular complexity index is 1130. The number of benzene rings is 2. The lowest BCUT2D eigenvalue weighted by Crippen LogP contribution is -2.19. The average molecular weight is 405 g/mol. The van der Waals surface area contributed by atoms with E-state index in [-0.39, 0.29) is 4.90 Å². The molecule has 1 amide bonds. The van der Waals surface area contributed by atoms with Crippen molar-refractivity contribution in [2.75, 3.05) is 19.5 Å². The highest BCUT2D eigenvalue weighted by molar-refractivity contribution is 7.90. The minimum atomic E-state index is -3.30. The van der Waals surface area contributed by atoms with Crippen molar-refractivity contribution >= 4 is 37.3 Å². The summed E-state index contributed by atoms with van der Waals surface area (Å²) in [6.45, 7) is 3.69. The van der Waals surface area contributed by atoms with E-state index in [0.29, 0.717) is 30.1 Å². The lowest BCUT2D eigenvalue weighted by Gasteiger charge is -2.05. The molecule has 0 bridgehead atoms. The zero-order chi connectivity index (χ0) is 19.4. The van der Waals surface area contributed by atoms with Gasteiger partial charge in [0.25, 0.3) is 5.91 Å². The summed E-state index contributed by atoms with van der Waals surface area (Å²) in [5.74, 6) is -0.410. The van der Waals surface area contributed by atoms with E-state index >= 15 is 0 Å². The van der Waals surface area contributed by atoms with Gasteiger partial charge in [-0.3, -0.25) is 4.79 Å². The van der Waals surface area contributed by atoms with E-state index in [2.05, 4.69) is 4.99 Å². The van der Waals surface area contributed by atoms with Crippen LogP contribution < -0.4 is 4.80 Å². The third kappa shape index (κ3) is 4.52. The molecular formula is C19H20N2O4S2. The van der Waals surface area contributed by atoms with Gasteiger partial charge in [0.2, 0.25) is 0 Å². The molecule has 1 heterocycles. The number of fused-ring (bicyclic) bond motifs is 1. The van der Waals surface area contributed by atoms with Crippen molar-refractivity contribution < 1.29 is 17.9 Å². The molecule has 0 atom stereocenters. The SMILES string of the molecule is CCOCCn1c(=NC(=O)c2ccc(S(C)(=O)=O)cc2)sc2ccccc21. The van der Waals surface area contributed by atoms with E-state index < -0.39 is 15.7 Å². The number of amides is 1. The molecule has 0 unspecified atom stereocenters. The molecule has 8 heteroatoms. The molecule has 2 aromatic carbocycles. The zero-order valence-electron chi connectivity index (χ0n) is 15.1. The van der Waals surface area contributed by atoms with E-state index in [4.69, 9.17) is 4.74 Å². The maximum atomic E-state index is 12.6. The molecule has 0 radical (unpaired) electrons. The van der Waals surface area contributed by atoms with Crippen LogP contribution in [0, 0.1) is 0 Å². The van der Waals surface area contributed by atoms with Crippen LogP contribution in [0.5, 0.6) is 0 Å². The Morgan fingerprint density at radius 3 is 2.52 bits per heavy atom. The molecular weight excluding hydrogens is 384 g/mol. The molecule has 0 saturated carbocycles. The van der Waals surface area contributed by atoms with Gasteiger partial charge in [-0.15, -0.1) is 0 Å². The van der Waals surface area contributed by atoms with Gasteiger partial charge in [-0.05, 0) is 43.3 Å². The quantitative estimate of drug-likeness (QED) is 0.592. The second kappa shape index (κ2) is 8.16. The normalized spacial score (nSPS) is 12.6. The van der Waals surface area contributed by atoms with E-state index in [1.165, 1.54) is 35.6 Å². The molecule has 142 valence electrons. The van der Waals surface area contributed by atoms with Gasteiger partial charge in [-0.2, -0.15) is 4.99 Å². The van der Waals surface area contributed by atoms with Crippen LogP contribution in [0.2, 0.25) is 0 Å². The second-order valence-electron chi connectivity index (χ2n) is 5.91. The lowest BCUT2D eigenvalue weighted by atomic mass is 10.2. The summed E-state index contributed by atoms with van der Waals surface area (Å²) in [6.07, 6.45) is 1.13. The smallest absolute Gasteiger partial charge is 0.279 e. The maximum absolute atomic E-state index is 12.6. The first kappa shape index (κ1) is 19.5. The Morgan fingerprint density at radius 2 is 1.85 bits per heavy atom. The van der Waals surface area contributed by atoms with Gasteiger partial charge < -0.3 is 9.30 Å². The van der Waals surface area contributed by atoms with Gasteiger partial charge in [0, 0.05) is 25.0 Å². The van der Waals surface area contributed by atoms with Gasteiger partial charge in [-0.25, -0.2) is 8.42 Å². The molecule has 6 nitrogen and oxygen atoms in total. The molecule has 0 aliphatic heterocycles. The molecule has 0 spiro atoms. The van der Waals surface area contributed by atoms with Crippen molar-refractivity contribution in [3.63, 3.8) is 0 Å². The fourth-order valence-electron chi connectivity index (χ4n) is 2.62. The number of aromatic nitrogens is 1. The van der Waals surface area contributed by atoms with Crippen molar-refractivity contribution in [1.82, 2.24) is 4.57 Å². The maximum Gasteiger partial charge on any atom is 0.279 e. The summed E-state index contributed by atoms with van der Waals surface area (Å²) in [7, 11) is -3.30.